The first-order valence-electron chi connectivity index (χ1n) is 5.21. The van der Waals surface area contributed by atoms with E-state index in [1.807, 2.05) is 19.1 Å². The van der Waals surface area contributed by atoms with Gasteiger partial charge in [-0.25, -0.2) is 4.98 Å². The summed E-state index contributed by atoms with van der Waals surface area (Å²) in [4.78, 5) is 4.15. The number of rotatable bonds is 3. The molecule has 1 aromatic rings. The molecule has 4 heteroatoms. The van der Waals surface area contributed by atoms with Gasteiger partial charge < -0.3 is 15.2 Å². The van der Waals surface area contributed by atoms with Crippen molar-refractivity contribution < 1.29 is 9.47 Å². The molecule has 0 amide bonds. The van der Waals surface area contributed by atoms with Crippen LogP contribution in [-0.4, -0.2) is 24.3 Å². The summed E-state index contributed by atoms with van der Waals surface area (Å²) in [6, 6.07) is 3.81. The van der Waals surface area contributed by atoms with E-state index in [0.717, 1.165) is 18.6 Å². The minimum absolute atomic E-state index is 0.00942. The number of nitrogens with zero attached hydrogens (tertiary/aromatic N) is 1. The maximum absolute atomic E-state index is 5.78. The monoisotopic (exact) mass is 208 g/mol. The molecular formula is C11H16N2O2. The van der Waals surface area contributed by atoms with E-state index in [0.29, 0.717) is 12.5 Å². The van der Waals surface area contributed by atoms with E-state index < -0.39 is 0 Å². The van der Waals surface area contributed by atoms with Gasteiger partial charge in [0.1, 0.15) is 6.10 Å². The van der Waals surface area contributed by atoms with Crippen molar-refractivity contribution in [2.75, 3.05) is 13.2 Å². The lowest BCUT2D eigenvalue weighted by Gasteiger charge is -2.12. The summed E-state index contributed by atoms with van der Waals surface area (Å²) in [5.74, 6) is 0.639. The summed E-state index contributed by atoms with van der Waals surface area (Å²) >= 11 is 0. The van der Waals surface area contributed by atoms with Crippen molar-refractivity contribution in [1.29, 1.82) is 0 Å². The second kappa shape index (κ2) is 4.59. The zero-order chi connectivity index (χ0) is 10.7. The molecule has 2 rings (SSSR count). The van der Waals surface area contributed by atoms with E-state index in [4.69, 9.17) is 15.2 Å². The zero-order valence-electron chi connectivity index (χ0n) is 8.85. The first-order chi connectivity index (χ1) is 7.25. The maximum atomic E-state index is 5.78. The summed E-state index contributed by atoms with van der Waals surface area (Å²) < 4.78 is 10.9. The molecule has 0 radical (unpaired) electrons. The molecule has 1 aromatic heterocycles. The molecular weight excluding hydrogens is 192 g/mol. The van der Waals surface area contributed by atoms with E-state index in [1.165, 1.54) is 0 Å². The molecule has 1 saturated heterocycles. The maximum Gasteiger partial charge on any atom is 0.213 e. The van der Waals surface area contributed by atoms with Crippen LogP contribution in [0, 0.1) is 0 Å². The average molecular weight is 208 g/mol. The average Bonchev–Trinajstić information content (AvgIpc) is 2.71. The molecule has 0 bridgehead atoms. The molecule has 1 aliphatic rings. The standard InChI is InChI=1S/C11H16N2O2/c1-8(12)9-2-4-13-11(6-9)15-10-3-5-14-7-10/h2,4,6,8,10H,3,5,7,12H2,1H3/t8-,10?/m0/s1. The molecule has 1 aliphatic heterocycles. The summed E-state index contributed by atoms with van der Waals surface area (Å²) in [6.45, 7) is 3.37. The van der Waals surface area contributed by atoms with Crippen molar-refractivity contribution >= 4 is 0 Å². The SMILES string of the molecule is C[C@H](N)c1ccnc(OC2CCOC2)c1. The summed E-state index contributed by atoms with van der Waals surface area (Å²) in [5, 5.41) is 0. The molecule has 1 fully saturated rings. The molecule has 82 valence electrons. The number of ether oxygens (including phenoxy) is 2. The van der Waals surface area contributed by atoms with Gasteiger partial charge in [0.15, 0.2) is 0 Å². The molecule has 0 saturated carbocycles. The highest BCUT2D eigenvalue weighted by Gasteiger charge is 2.17. The lowest BCUT2D eigenvalue weighted by atomic mass is 10.1. The van der Waals surface area contributed by atoms with Gasteiger partial charge in [-0.3, -0.25) is 0 Å². The van der Waals surface area contributed by atoms with E-state index in [1.54, 1.807) is 6.20 Å². The Morgan fingerprint density at radius 1 is 1.67 bits per heavy atom. The predicted octanol–water partition coefficient (Wildman–Crippen LogP) is 1.27. The van der Waals surface area contributed by atoms with Crippen molar-refractivity contribution in [3.63, 3.8) is 0 Å². The van der Waals surface area contributed by atoms with Gasteiger partial charge in [-0.2, -0.15) is 0 Å². The summed E-state index contributed by atoms with van der Waals surface area (Å²) in [7, 11) is 0. The quantitative estimate of drug-likeness (QED) is 0.812. The molecule has 15 heavy (non-hydrogen) atoms. The fourth-order valence-electron chi connectivity index (χ4n) is 1.55. The number of pyridine rings is 1. The Bertz CT molecular complexity index is 322. The highest BCUT2D eigenvalue weighted by molar-refractivity contribution is 5.23. The largest absolute Gasteiger partial charge is 0.472 e. The van der Waals surface area contributed by atoms with Crippen LogP contribution >= 0.6 is 0 Å². The van der Waals surface area contributed by atoms with Gasteiger partial charge in [-0.15, -0.1) is 0 Å². The van der Waals surface area contributed by atoms with Crippen molar-refractivity contribution in [2.24, 2.45) is 5.73 Å². The van der Waals surface area contributed by atoms with Gasteiger partial charge in [0, 0.05) is 24.7 Å². The number of hydrogen-bond donors (Lipinski definition) is 1. The van der Waals surface area contributed by atoms with Crippen LogP contribution in [0.4, 0.5) is 0 Å². The first-order valence-corrected chi connectivity index (χ1v) is 5.21. The third-order valence-electron chi connectivity index (χ3n) is 2.46. The van der Waals surface area contributed by atoms with Crippen LogP contribution in [0.25, 0.3) is 0 Å². The minimum Gasteiger partial charge on any atom is -0.472 e. The van der Waals surface area contributed by atoms with E-state index in [-0.39, 0.29) is 12.1 Å². The Hall–Kier alpha value is -1.13. The van der Waals surface area contributed by atoms with Gasteiger partial charge in [0.25, 0.3) is 0 Å². The highest BCUT2D eigenvalue weighted by Crippen LogP contribution is 2.18. The van der Waals surface area contributed by atoms with Gasteiger partial charge in [0.05, 0.1) is 13.2 Å². The van der Waals surface area contributed by atoms with Crippen molar-refractivity contribution in [1.82, 2.24) is 4.98 Å². The Morgan fingerprint density at radius 2 is 2.53 bits per heavy atom. The van der Waals surface area contributed by atoms with E-state index in [9.17, 15) is 0 Å². The molecule has 0 aliphatic carbocycles. The highest BCUT2D eigenvalue weighted by atomic mass is 16.5. The molecule has 1 unspecified atom stereocenters. The molecule has 2 heterocycles. The first kappa shape index (κ1) is 10.4. The zero-order valence-corrected chi connectivity index (χ0v) is 8.85. The fourth-order valence-corrected chi connectivity index (χ4v) is 1.55. The Labute approximate surface area is 89.4 Å². The van der Waals surface area contributed by atoms with Gasteiger partial charge in [-0.1, -0.05) is 0 Å². The molecule has 0 spiro atoms. The third-order valence-corrected chi connectivity index (χ3v) is 2.46. The second-order valence-electron chi connectivity index (χ2n) is 3.82. The lowest BCUT2D eigenvalue weighted by molar-refractivity contribution is 0.138. The van der Waals surface area contributed by atoms with Crippen molar-refractivity contribution in [3.8, 4) is 5.88 Å². The fraction of sp³-hybridized carbons (Fsp3) is 0.545. The van der Waals surface area contributed by atoms with Crippen LogP contribution in [0.1, 0.15) is 24.9 Å². The van der Waals surface area contributed by atoms with Gasteiger partial charge >= 0.3 is 0 Å². The second-order valence-corrected chi connectivity index (χ2v) is 3.82. The van der Waals surface area contributed by atoms with Crippen molar-refractivity contribution in [3.05, 3.63) is 23.9 Å². The molecule has 4 nitrogen and oxygen atoms in total. The van der Waals surface area contributed by atoms with Gasteiger partial charge in [0.2, 0.25) is 5.88 Å². The summed E-state index contributed by atoms with van der Waals surface area (Å²) in [6.07, 6.45) is 2.80. The van der Waals surface area contributed by atoms with Crippen LogP contribution in [0.3, 0.4) is 0 Å². The summed E-state index contributed by atoms with van der Waals surface area (Å²) in [5.41, 5.74) is 6.82. The van der Waals surface area contributed by atoms with Crippen LogP contribution in [-0.2, 0) is 4.74 Å². The molecule has 2 N–H and O–H groups in total. The minimum atomic E-state index is 0.00942. The Kier molecular flexibility index (Phi) is 3.18. The topological polar surface area (TPSA) is 57.4 Å². The molecule has 0 aromatic carbocycles. The predicted molar refractivity (Wildman–Crippen MR) is 56.7 cm³/mol. The van der Waals surface area contributed by atoms with E-state index in [2.05, 4.69) is 4.98 Å². The van der Waals surface area contributed by atoms with Crippen LogP contribution in [0.2, 0.25) is 0 Å². The Morgan fingerprint density at radius 3 is 3.20 bits per heavy atom. The third kappa shape index (κ3) is 2.67. The number of hydrogen-bond acceptors (Lipinski definition) is 4. The van der Waals surface area contributed by atoms with Crippen LogP contribution in [0.15, 0.2) is 18.3 Å². The smallest absolute Gasteiger partial charge is 0.213 e. The van der Waals surface area contributed by atoms with E-state index >= 15 is 0 Å². The van der Waals surface area contributed by atoms with Crippen molar-refractivity contribution in [2.45, 2.75) is 25.5 Å². The molecule has 2 atom stereocenters. The van der Waals surface area contributed by atoms with Gasteiger partial charge in [-0.05, 0) is 18.6 Å². The number of aromatic nitrogens is 1. The van der Waals surface area contributed by atoms with Crippen LogP contribution in [0.5, 0.6) is 5.88 Å². The Balaban J connectivity index is 2.04. The van der Waals surface area contributed by atoms with Crippen LogP contribution < -0.4 is 10.5 Å². The lowest BCUT2D eigenvalue weighted by Crippen LogP contribution is -2.16. The normalized spacial score (nSPS) is 22.7. The number of nitrogens with two attached hydrogens (primary N) is 1.